The number of likely N-dealkylation sites (tertiary alicyclic amines) is 1. The lowest BCUT2D eigenvalue weighted by Gasteiger charge is -2.24. The van der Waals surface area contributed by atoms with Crippen LogP contribution in [0.15, 0.2) is 72.8 Å². The van der Waals surface area contributed by atoms with E-state index in [1.807, 2.05) is 0 Å². The number of ketones is 1. The Kier molecular flexibility index (Phi) is 4.48. The van der Waals surface area contributed by atoms with Gasteiger partial charge in [0, 0.05) is 17.7 Å². The summed E-state index contributed by atoms with van der Waals surface area (Å²) in [6.07, 6.45) is 1.46. The van der Waals surface area contributed by atoms with Crippen LogP contribution in [0.2, 0.25) is 0 Å². The highest BCUT2D eigenvalue weighted by atomic mass is 19.1. The van der Waals surface area contributed by atoms with Crippen LogP contribution in [-0.4, -0.2) is 28.2 Å². The Labute approximate surface area is 144 Å². The molecule has 1 amide bonds. The van der Waals surface area contributed by atoms with Gasteiger partial charge in [-0.2, -0.15) is 0 Å². The van der Waals surface area contributed by atoms with Gasteiger partial charge in [0.1, 0.15) is 11.6 Å². The van der Waals surface area contributed by atoms with E-state index < -0.39 is 23.5 Å². The number of aliphatic hydroxyl groups is 1. The summed E-state index contributed by atoms with van der Waals surface area (Å²) in [6.45, 7) is 3.65. The molecule has 0 saturated carbocycles. The minimum absolute atomic E-state index is 0.0646. The molecular weight excluding hydrogens is 321 g/mol. The fourth-order valence-electron chi connectivity index (χ4n) is 2.98. The molecule has 126 valence electrons. The van der Waals surface area contributed by atoms with Crippen LogP contribution in [-0.2, 0) is 9.59 Å². The highest BCUT2D eigenvalue weighted by molar-refractivity contribution is 6.46. The van der Waals surface area contributed by atoms with Crippen LogP contribution in [0.3, 0.4) is 0 Å². The molecule has 0 unspecified atom stereocenters. The van der Waals surface area contributed by atoms with Crippen molar-refractivity contribution in [1.29, 1.82) is 0 Å². The maximum absolute atomic E-state index is 14.4. The first-order valence-electron chi connectivity index (χ1n) is 7.75. The van der Waals surface area contributed by atoms with Crippen LogP contribution in [0.5, 0.6) is 0 Å². The van der Waals surface area contributed by atoms with Gasteiger partial charge in [0.2, 0.25) is 0 Å². The Morgan fingerprint density at radius 1 is 1.12 bits per heavy atom. The van der Waals surface area contributed by atoms with Crippen LogP contribution >= 0.6 is 0 Å². The standard InChI is InChI=1S/C20H16FNO3/c1-2-12-22-17(14-10-6-7-11-15(14)21)16(19(24)20(22)25)18(23)13-8-4-3-5-9-13/h2-11,17,23H,1,12H2/t17-/m1/s1. The van der Waals surface area contributed by atoms with Gasteiger partial charge in [-0.3, -0.25) is 9.59 Å². The van der Waals surface area contributed by atoms with E-state index in [1.165, 1.54) is 29.2 Å². The van der Waals surface area contributed by atoms with E-state index in [9.17, 15) is 19.1 Å². The van der Waals surface area contributed by atoms with Crippen LogP contribution in [0.4, 0.5) is 4.39 Å². The fraction of sp³-hybridized carbons (Fsp3) is 0.100. The quantitative estimate of drug-likeness (QED) is 0.402. The summed E-state index contributed by atoms with van der Waals surface area (Å²) in [6, 6.07) is 13.3. The monoisotopic (exact) mass is 337 g/mol. The van der Waals surface area contributed by atoms with E-state index in [1.54, 1.807) is 36.4 Å². The van der Waals surface area contributed by atoms with Gasteiger partial charge in [0.25, 0.3) is 11.7 Å². The predicted molar refractivity (Wildman–Crippen MR) is 92.0 cm³/mol. The summed E-state index contributed by atoms with van der Waals surface area (Å²) in [5, 5.41) is 10.6. The number of carbonyl (C=O) groups excluding carboxylic acids is 2. The van der Waals surface area contributed by atoms with Crippen LogP contribution < -0.4 is 0 Å². The van der Waals surface area contributed by atoms with Crippen molar-refractivity contribution in [3.05, 3.63) is 89.8 Å². The van der Waals surface area contributed by atoms with Gasteiger partial charge in [-0.25, -0.2) is 4.39 Å². The Balaban J connectivity index is 2.24. The molecule has 0 bridgehead atoms. The number of nitrogens with zero attached hydrogens (tertiary/aromatic N) is 1. The summed E-state index contributed by atoms with van der Waals surface area (Å²) in [5.41, 5.74) is 0.421. The minimum atomic E-state index is -1.00. The second-order valence-electron chi connectivity index (χ2n) is 5.63. The van der Waals surface area contributed by atoms with Crippen molar-refractivity contribution in [2.75, 3.05) is 6.54 Å². The van der Waals surface area contributed by atoms with E-state index in [-0.39, 0.29) is 23.4 Å². The van der Waals surface area contributed by atoms with Gasteiger partial charge in [-0.15, -0.1) is 6.58 Å². The van der Waals surface area contributed by atoms with Gasteiger partial charge in [0.05, 0.1) is 11.6 Å². The van der Waals surface area contributed by atoms with Crippen molar-refractivity contribution in [3.8, 4) is 0 Å². The molecule has 0 radical (unpaired) electrons. The van der Waals surface area contributed by atoms with E-state index >= 15 is 0 Å². The number of carbonyl (C=O) groups is 2. The lowest BCUT2D eigenvalue weighted by molar-refractivity contribution is -0.139. The minimum Gasteiger partial charge on any atom is -0.507 e. The zero-order valence-corrected chi connectivity index (χ0v) is 13.4. The molecule has 4 nitrogen and oxygen atoms in total. The summed E-state index contributed by atoms with van der Waals surface area (Å²) in [4.78, 5) is 26.1. The third kappa shape index (κ3) is 2.85. The Morgan fingerprint density at radius 3 is 2.40 bits per heavy atom. The number of Topliss-reactive ketones (excluding diaryl/α,β-unsaturated/α-hetero) is 1. The topological polar surface area (TPSA) is 57.6 Å². The molecule has 2 aromatic rings. The summed E-state index contributed by atoms with van der Waals surface area (Å²) < 4.78 is 14.4. The first kappa shape index (κ1) is 16.6. The third-order valence-electron chi connectivity index (χ3n) is 4.11. The van der Waals surface area contributed by atoms with Gasteiger partial charge < -0.3 is 10.0 Å². The third-order valence-corrected chi connectivity index (χ3v) is 4.11. The van der Waals surface area contributed by atoms with Crippen molar-refractivity contribution in [1.82, 2.24) is 4.90 Å². The molecule has 1 aliphatic heterocycles. The number of benzene rings is 2. The molecule has 3 rings (SSSR count). The van der Waals surface area contributed by atoms with Gasteiger partial charge in [-0.05, 0) is 6.07 Å². The average Bonchev–Trinajstić information content (AvgIpc) is 2.87. The van der Waals surface area contributed by atoms with Gasteiger partial charge in [-0.1, -0.05) is 54.6 Å². The normalized spacial score (nSPS) is 19.2. The molecule has 1 fully saturated rings. The molecule has 0 aliphatic carbocycles. The van der Waals surface area contributed by atoms with Crippen molar-refractivity contribution in [2.45, 2.75) is 6.04 Å². The van der Waals surface area contributed by atoms with Crippen LogP contribution in [0.1, 0.15) is 17.2 Å². The van der Waals surface area contributed by atoms with Crippen molar-refractivity contribution in [2.24, 2.45) is 0 Å². The number of aliphatic hydroxyl groups excluding tert-OH is 1. The Hall–Kier alpha value is -3.21. The SMILES string of the molecule is C=CCN1C(=O)C(=O)C(=C(O)c2ccccc2)[C@H]1c1ccccc1F. The highest BCUT2D eigenvalue weighted by Crippen LogP contribution is 2.40. The molecular formula is C20H16FNO3. The lowest BCUT2D eigenvalue weighted by atomic mass is 9.95. The molecule has 1 atom stereocenters. The average molecular weight is 337 g/mol. The zero-order chi connectivity index (χ0) is 18.0. The maximum Gasteiger partial charge on any atom is 0.295 e. The zero-order valence-electron chi connectivity index (χ0n) is 13.4. The Morgan fingerprint density at radius 2 is 1.76 bits per heavy atom. The van der Waals surface area contributed by atoms with Crippen LogP contribution in [0, 0.1) is 5.82 Å². The van der Waals surface area contributed by atoms with Gasteiger partial charge >= 0.3 is 0 Å². The molecule has 1 N–H and O–H groups in total. The van der Waals surface area contributed by atoms with E-state index in [0.717, 1.165) is 0 Å². The number of hydrogen-bond donors (Lipinski definition) is 1. The van der Waals surface area contributed by atoms with Crippen molar-refractivity contribution in [3.63, 3.8) is 0 Å². The lowest BCUT2D eigenvalue weighted by Crippen LogP contribution is -2.30. The van der Waals surface area contributed by atoms with E-state index in [2.05, 4.69) is 6.58 Å². The summed E-state index contributed by atoms with van der Waals surface area (Å²) >= 11 is 0. The first-order chi connectivity index (χ1) is 12.1. The molecule has 1 aliphatic rings. The number of halogens is 1. The molecule has 0 spiro atoms. The number of rotatable bonds is 4. The first-order valence-corrected chi connectivity index (χ1v) is 7.75. The number of amides is 1. The molecule has 1 saturated heterocycles. The number of hydrogen-bond acceptors (Lipinski definition) is 3. The summed E-state index contributed by atoms with van der Waals surface area (Å²) in [5.74, 6) is -2.50. The Bertz CT molecular complexity index is 874. The molecule has 1 heterocycles. The van der Waals surface area contributed by atoms with Gasteiger partial charge in [0.15, 0.2) is 0 Å². The van der Waals surface area contributed by atoms with E-state index in [0.29, 0.717) is 5.56 Å². The molecule has 0 aromatic heterocycles. The highest BCUT2D eigenvalue weighted by Gasteiger charge is 2.46. The molecule has 2 aromatic carbocycles. The molecule has 5 heteroatoms. The molecule has 25 heavy (non-hydrogen) atoms. The fourth-order valence-corrected chi connectivity index (χ4v) is 2.98. The second kappa shape index (κ2) is 6.73. The van der Waals surface area contributed by atoms with Crippen LogP contribution in [0.25, 0.3) is 5.76 Å². The second-order valence-corrected chi connectivity index (χ2v) is 5.63. The van der Waals surface area contributed by atoms with Crippen molar-refractivity contribution >= 4 is 17.4 Å². The summed E-state index contributed by atoms with van der Waals surface area (Å²) in [7, 11) is 0. The largest absolute Gasteiger partial charge is 0.507 e. The van der Waals surface area contributed by atoms with E-state index in [4.69, 9.17) is 0 Å². The smallest absolute Gasteiger partial charge is 0.295 e. The maximum atomic E-state index is 14.4. The predicted octanol–water partition coefficient (Wildman–Crippen LogP) is 3.43. The van der Waals surface area contributed by atoms with Crippen molar-refractivity contribution < 1.29 is 19.1 Å².